The highest BCUT2D eigenvalue weighted by atomic mass is 35.5. The van der Waals surface area contributed by atoms with Gasteiger partial charge in [0.15, 0.2) is 5.82 Å². The second-order valence-electron chi connectivity index (χ2n) is 4.03. The Bertz CT molecular complexity index is 506. The predicted molar refractivity (Wildman–Crippen MR) is 71.9 cm³/mol. The molecule has 0 aliphatic rings. The molecule has 0 bridgehead atoms. The average Bonchev–Trinajstić information content (AvgIpc) is 2.36. The molecule has 2 rings (SSSR count). The molecule has 0 saturated heterocycles. The smallest absolute Gasteiger partial charge is 0.167 e. The lowest BCUT2D eigenvalue weighted by Crippen LogP contribution is -2.02. The van der Waals surface area contributed by atoms with Crippen LogP contribution >= 0.6 is 11.6 Å². The lowest BCUT2D eigenvalue weighted by molar-refractivity contribution is 0.295. The highest BCUT2D eigenvalue weighted by Gasteiger charge is 2.02. The molecule has 0 N–H and O–H groups in total. The van der Waals surface area contributed by atoms with Crippen LogP contribution in [0.15, 0.2) is 30.3 Å². The Morgan fingerprint density at radius 1 is 1.17 bits per heavy atom. The van der Waals surface area contributed by atoms with E-state index >= 15 is 0 Å². The summed E-state index contributed by atoms with van der Waals surface area (Å²) in [6.45, 7) is 4.33. The van der Waals surface area contributed by atoms with Crippen LogP contribution in [0.25, 0.3) is 0 Å². The molecule has 18 heavy (non-hydrogen) atoms. The molecule has 0 fully saturated rings. The van der Waals surface area contributed by atoms with E-state index in [1.54, 1.807) is 6.07 Å². The number of ether oxygens (including phenoxy) is 1. The maximum atomic E-state index is 5.86. The van der Waals surface area contributed by atoms with Gasteiger partial charge in [-0.1, -0.05) is 30.7 Å². The summed E-state index contributed by atoms with van der Waals surface area (Å²) in [5.74, 6) is 1.41. The first-order chi connectivity index (χ1) is 8.67. The van der Waals surface area contributed by atoms with Crippen molar-refractivity contribution in [1.29, 1.82) is 0 Å². The van der Waals surface area contributed by atoms with Gasteiger partial charge in [-0.05, 0) is 37.1 Å². The normalized spacial score (nSPS) is 10.4. The minimum Gasteiger partial charge on any atom is -0.486 e. The molecule has 0 aliphatic carbocycles. The van der Waals surface area contributed by atoms with E-state index < -0.39 is 0 Å². The van der Waals surface area contributed by atoms with Gasteiger partial charge in [-0.15, -0.1) is 0 Å². The molecule has 1 aromatic heterocycles. The van der Waals surface area contributed by atoms with Crippen molar-refractivity contribution in [2.24, 2.45) is 0 Å². The summed E-state index contributed by atoms with van der Waals surface area (Å²) in [5.41, 5.74) is 2.13. The summed E-state index contributed by atoms with van der Waals surface area (Å²) in [4.78, 5) is 8.37. The Hall–Kier alpha value is -1.61. The van der Waals surface area contributed by atoms with Gasteiger partial charge < -0.3 is 4.74 Å². The molecular formula is C14H15ClN2O. The molecule has 0 atom stereocenters. The quantitative estimate of drug-likeness (QED) is 0.790. The van der Waals surface area contributed by atoms with Crippen LogP contribution in [0.1, 0.15) is 24.0 Å². The number of nitrogens with zero attached hydrogens (tertiary/aromatic N) is 2. The number of aryl methyl sites for hydroxylation is 2. The monoisotopic (exact) mass is 262 g/mol. The van der Waals surface area contributed by atoms with Crippen LogP contribution in [-0.2, 0) is 13.0 Å². The Kier molecular flexibility index (Phi) is 4.15. The zero-order valence-corrected chi connectivity index (χ0v) is 11.2. The van der Waals surface area contributed by atoms with Gasteiger partial charge in [-0.2, -0.15) is 0 Å². The molecule has 4 heteroatoms. The third-order valence-electron chi connectivity index (χ3n) is 2.57. The van der Waals surface area contributed by atoms with E-state index in [1.165, 1.54) is 5.56 Å². The number of benzene rings is 1. The van der Waals surface area contributed by atoms with Crippen molar-refractivity contribution in [2.75, 3.05) is 0 Å². The summed E-state index contributed by atoms with van der Waals surface area (Å²) < 4.78 is 5.62. The van der Waals surface area contributed by atoms with Crippen molar-refractivity contribution < 1.29 is 4.74 Å². The molecule has 0 aliphatic heterocycles. The lowest BCUT2D eigenvalue weighted by Gasteiger charge is -2.06. The maximum absolute atomic E-state index is 5.86. The van der Waals surface area contributed by atoms with Gasteiger partial charge in [-0.3, -0.25) is 0 Å². The third kappa shape index (κ3) is 3.44. The number of halogens is 1. The topological polar surface area (TPSA) is 35.0 Å². The Morgan fingerprint density at radius 3 is 2.50 bits per heavy atom. The zero-order chi connectivity index (χ0) is 13.0. The minimum absolute atomic E-state index is 0.326. The fourth-order valence-electron chi connectivity index (χ4n) is 1.62. The molecule has 0 unspecified atom stereocenters. The SMILES string of the molecule is CCc1ccc(OCc2nc(C)cc(Cl)n2)cc1. The van der Waals surface area contributed by atoms with Gasteiger partial charge in [0, 0.05) is 5.69 Å². The first-order valence-corrected chi connectivity index (χ1v) is 6.27. The summed E-state index contributed by atoms with van der Waals surface area (Å²) >= 11 is 5.86. The molecule has 2 aromatic rings. The standard InChI is InChI=1S/C14H15ClN2O/c1-3-11-4-6-12(7-5-11)18-9-14-16-10(2)8-13(15)17-14/h4-8H,3,9H2,1-2H3. The van der Waals surface area contributed by atoms with E-state index in [9.17, 15) is 0 Å². The molecule has 1 aromatic carbocycles. The fourth-order valence-corrected chi connectivity index (χ4v) is 1.88. The van der Waals surface area contributed by atoms with E-state index in [2.05, 4.69) is 29.0 Å². The third-order valence-corrected chi connectivity index (χ3v) is 2.76. The van der Waals surface area contributed by atoms with Crippen LogP contribution in [-0.4, -0.2) is 9.97 Å². The maximum Gasteiger partial charge on any atom is 0.167 e. The summed E-state index contributed by atoms with van der Waals surface area (Å²) in [7, 11) is 0. The summed E-state index contributed by atoms with van der Waals surface area (Å²) in [5, 5.41) is 0.447. The average molecular weight is 263 g/mol. The van der Waals surface area contributed by atoms with Crippen LogP contribution in [0.4, 0.5) is 0 Å². The lowest BCUT2D eigenvalue weighted by atomic mass is 10.2. The van der Waals surface area contributed by atoms with E-state index in [0.717, 1.165) is 17.9 Å². The fraction of sp³-hybridized carbons (Fsp3) is 0.286. The van der Waals surface area contributed by atoms with Gasteiger partial charge in [0.2, 0.25) is 0 Å². The molecule has 0 radical (unpaired) electrons. The molecule has 3 nitrogen and oxygen atoms in total. The van der Waals surface area contributed by atoms with Gasteiger partial charge in [0.05, 0.1) is 0 Å². The van der Waals surface area contributed by atoms with Gasteiger partial charge >= 0.3 is 0 Å². The minimum atomic E-state index is 0.326. The Labute approximate surface area is 112 Å². The van der Waals surface area contributed by atoms with Gasteiger partial charge in [0.25, 0.3) is 0 Å². The summed E-state index contributed by atoms with van der Waals surface area (Å²) in [6.07, 6.45) is 1.02. The van der Waals surface area contributed by atoms with Crippen LogP contribution in [0.5, 0.6) is 5.75 Å². The first kappa shape index (κ1) is 12.8. The van der Waals surface area contributed by atoms with Crippen molar-refractivity contribution in [3.63, 3.8) is 0 Å². The summed E-state index contributed by atoms with van der Waals surface area (Å²) in [6, 6.07) is 9.74. The van der Waals surface area contributed by atoms with E-state index in [1.807, 2.05) is 19.1 Å². The highest BCUT2D eigenvalue weighted by molar-refractivity contribution is 6.29. The second kappa shape index (κ2) is 5.83. The first-order valence-electron chi connectivity index (χ1n) is 5.89. The zero-order valence-electron chi connectivity index (χ0n) is 10.5. The van der Waals surface area contributed by atoms with E-state index in [-0.39, 0.29) is 0 Å². The second-order valence-corrected chi connectivity index (χ2v) is 4.42. The van der Waals surface area contributed by atoms with Crippen LogP contribution in [0.2, 0.25) is 5.15 Å². The van der Waals surface area contributed by atoms with Gasteiger partial charge in [-0.25, -0.2) is 9.97 Å². The van der Waals surface area contributed by atoms with Crippen molar-refractivity contribution in [1.82, 2.24) is 9.97 Å². The largest absolute Gasteiger partial charge is 0.486 e. The predicted octanol–water partition coefficient (Wildman–Crippen LogP) is 3.58. The number of aromatic nitrogens is 2. The Balaban J connectivity index is 2.01. The Morgan fingerprint density at radius 2 is 1.89 bits per heavy atom. The molecule has 1 heterocycles. The number of hydrogen-bond acceptors (Lipinski definition) is 3. The van der Waals surface area contributed by atoms with Gasteiger partial charge in [0.1, 0.15) is 17.5 Å². The van der Waals surface area contributed by atoms with Crippen molar-refractivity contribution in [2.45, 2.75) is 26.9 Å². The van der Waals surface area contributed by atoms with Crippen LogP contribution < -0.4 is 4.74 Å². The molecule has 94 valence electrons. The molecule has 0 amide bonds. The van der Waals surface area contributed by atoms with Crippen LogP contribution in [0.3, 0.4) is 0 Å². The highest BCUT2D eigenvalue weighted by Crippen LogP contribution is 2.14. The van der Waals surface area contributed by atoms with E-state index in [4.69, 9.17) is 16.3 Å². The number of hydrogen-bond donors (Lipinski definition) is 0. The molecule has 0 saturated carbocycles. The van der Waals surface area contributed by atoms with Crippen molar-refractivity contribution in [3.8, 4) is 5.75 Å². The molecular weight excluding hydrogens is 248 g/mol. The van der Waals surface area contributed by atoms with Crippen LogP contribution in [0, 0.1) is 6.92 Å². The van der Waals surface area contributed by atoms with Crippen molar-refractivity contribution >= 4 is 11.6 Å². The van der Waals surface area contributed by atoms with Crippen molar-refractivity contribution in [3.05, 3.63) is 52.6 Å². The molecule has 0 spiro atoms. The van der Waals surface area contributed by atoms with E-state index in [0.29, 0.717) is 17.6 Å². The number of rotatable bonds is 4.